The number of carbonyl (C=O) groups excluding carboxylic acids is 1. The first-order valence-corrected chi connectivity index (χ1v) is 12.3. The second-order valence-corrected chi connectivity index (χ2v) is 10.4. The maximum atomic E-state index is 12.7. The Labute approximate surface area is 181 Å². The Kier molecular flexibility index (Phi) is 5.09. The molecule has 160 valence electrons. The Hall–Kier alpha value is -3.00. The third-order valence-electron chi connectivity index (χ3n) is 5.90. The summed E-state index contributed by atoms with van der Waals surface area (Å²) in [4.78, 5) is 17.2. The molecule has 0 radical (unpaired) electrons. The number of nitrogens with zero attached hydrogens (tertiary/aromatic N) is 2. The number of anilines is 1. The number of hydrogen-bond donors (Lipinski definition) is 2. The molecule has 2 aromatic carbocycles. The number of aromatic nitrogens is 3. The SMILES string of the molecule is O=C(CCS(=O)(=O)c1ccc2c(c1)CCC2)Nc1cccc(-c2n[nH]c(C3CC3)n2)c1. The van der Waals surface area contributed by atoms with Gasteiger partial charge in [0.15, 0.2) is 15.7 Å². The van der Waals surface area contributed by atoms with Crippen molar-refractivity contribution in [2.75, 3.05) is 11.1 Å². The van der Waals surface area contributed by atoms with Gasteiger partial charge in [-0.2, -0.15) is 5.10 Å². The van der Waals surface area contributed by atoms with Gasteiger partial charge in [-0.05, 0) is 67.5 Å². The Morgan fingerprint density at radius 3 is 2.77 bits per heavy atom. The molecular weight excluding hydrogens is 412 g/mol. The van der Waals surface area contributed by atoms with Crippen LogP contribution in [-0.4, -0.2) is 35.3 Å². The molecule has 3 aromatic rings. The number of amides is 1. The minimum atomic E-state index is -3.50. The fraction of sp³-hybridized carbons (Fsp3) is 0.348. The van der Waals surface area contributed by atoms with Crippen LogP contribution in [0.25, 0.3) is 11.4 Å². The smallest absolute Gasteiger partial charge is 0.225 e. The van der Waals surface area contributed by atoms with Crippen LogP contribution in [0.4, 0.5) is 5.69 Å². The summed E-state index contributed by atoms with van der Waals surface area (Å²) in [5.41, 5.74) is 3.73. The number of nitrogens with one attached hydrogen (secondary N) is 2. The molecule has 1 heterocycles. The van der Waals surface area contributed by atoms with Gasteiger partial charge in [0.1, 0.15) is 5.82 Å². The average Bonchev–Trinajstić information content (AvgIpc) is 3.30. The number of aromatic amines is 1. The molecule has 1 aromatic heterocycles. The number of rotatable bonds is 7. The van der Waals surface area contributed by atoms with Gasteiger partial charge in [0.25, 0.3) is 0 Å². The van der Waals surface area contributed by atoms with Gasteiger partial charge in [0, 0.05) is 23.6 Å². The third kappa shape index (κ3) is 4.39. The highest BCUT2D eigenvalue weighted by molar-refractivity contribution is 7.91. The van der Waals surface area contributed by atoms with E-state index in [1.807, 2.05) is 18.2 Å². The second kappa shape index (κ2) is 7.92. The number of fused-ring (bicyclic) bond motifs is 1. The van der Waals surface area contributed by atoms with E-state index in [0.29, 0.717) is 22.3 Å². The fourth-order valence-corrected chi connectivity index (χ4v) is 5.28. The number of sulfone groups is 1. The minimum Gasteiger partial charge on any atom is -0.326 e. The van der Waals surface area contributed by atoms with Crippen LogP contribution in [-0.2, 0) is 27.5 Å². The molecule has 5 rings (SSSR count). The largest absolute Gasteiger partial charge is 0.326 e. The van der Waals surface area contributed by atoms with Crippen LogP contribution in [0.3, 0.4) is 0 Å². The number of H-pyrrole nitrogens is 1. The Morgan fingerprint density at radius 2 is 1.94 bits per heavy atom. The van der Waals surface area contributed by atoms with E-state index in [-0.39, 0.29) is 18.1 Å². The zero-order chi connectivity index (χ0) is 21.4. The first-order chi connectivity index (χ1) is 15.0. The van der Waals surface area contributed by atoms with Gasteiger partial charge in [-0.25, -0.2) is 13.4 Å². The summed E-state index contributed by atoms with van der Waals surface area (Å²) in [5, 5.41) is 10.0. The lowest BCUT2D eigenvalue weighted by Gasteiger charge is -2.08. The number of benzene rings is 2. The van der Waals surface area contributed by atoms with E-state index in [9.17, 15) is 13.2 Å². The topological polar surface area (TPSA) is 105 Å². The summed E-state index contributed by atoms with van der Waals surface area (Å²) in [6, 6.07) is 12.6. The van der Waals surface area contributed by atoms with E-state index in [0.717, 1.165) is 49.1 Å². The maximum absolute atomic E-state index is 12.7. The lowest BCUT2D eigenvalue weighted by atomic mass is 10.1. The van der Waals surface area contributed by atoms with Crippen molar-refractivity contribution in [1.29, 1.82) is 0 Å². The van der Waals surface area contributed by atoms with Crippen LogP contribution < -0.4 is 5.32 Å². The normalized spacial score (nSPS) is 15.6. The summed E-state index contributed by atoms with van der Waals surface area (Å²) >= 11 is 0. The average molecular weight is 437 g/mol. The zero-order valence-corrected chi connectivity index (χ0v) is 17.9. The summed E-state index contributed by atoms with van der Waals surface area (Å²) in [7, 11) is -3.50. The van der Waals surface area contributed by atoms with E-state index in [4.69, 9.17) is 0 Å². The second-order valence-electron chi connectivity index (χ2n) is 8.30. The van der Waals surface area contributed by atoms with Gasteiger partial charge >= 0.3 is 0 Å². The van der Waals surface area contributed by atoms with Crippen molar-refractivity contribution in [2.24, 2.45) is 0 Å². The molecule has 2 N–H and O–H groups in total. The summed E-state index contributed by atoms with van der Waals surface area (Å²) in [5.74, 6) is 1.42. The van der Waals surface area contributed by atoms with Crippen LogP contribution in [0.2, 0.25) is 0 Å². The lowest BCUT2D eigenvalue weighted by molar-refractivity contribution is -0.115. The molecule has 7 nitrogen and oxygen atoms in total. The highest BCUT2D eigenvalue weighted by Gasteiger charge is 2.27. The predicted molar refractivity (Wildman–Crippen MR) is 118 cm³/mol. The van der Waals surface area contributed by atoms with E-state index in [2.05, 4.69) is 20.5 Å². The Bertz CT molecular complexity index is 1250. The fourth-order valence-electron chi connectivity index (χ4n) is 3.99. The molecule has 31 heavy (non-hydrogen) atoms. The maximum Gasteiger partial charge on any atom is 0.225 e. The number of hydrogen-bond acceptors (Lipinski definition) is 5. The molecule has 2 aliphatic carbocycles. The zero-order valence-electron chi connectivity index (χ0n) is 17.1. The highest BCUT2D eigenvalue weighted by Crippen LogP contribution is 2.38. The molecular formula is C23H24N4O3S. The number of carbonyl (C=O) groups is 1. The predicted octanol–water partition coefficient (Wildman–Crippen LogP) is 3.64. The van der Waals surface area contributed by atoms with Crippen molar-refractivity contribution in [3.8, 4) is 11.4 Å². The Morgan fingerprint density at radius 1 is 1.10 bits per heavy atom. The standard InChI is InChI=1S/C23H24N4O3S/c28-21(11-12-31(29,30)20-10-9-15-3-1-4-17(15)14-20)24-19-6-2-5-18(13-19)23-25-22(26-27-23)16-7-8-16/h2,5-6,9-10,13-14,16H,1,3-4,7-8,11-12H2,(H,24,28)(H,25,26,27). The minimum absolute atomic E-state index is 0.101. The van der Waals surface area contributed by atoms with E-state index < -0.39 is 9.84 Å². The van der Waals surface area contributed by atoms with Crippen LogP contribution in [0.5, 0.6) is 0 Å². The van der Waals surface area contributed by atoms with E-state index >= 15 is 0 Å². The van der Waals surface area contributed by atoms with Crippen molar-refractivity contribution >= 4 is 21.4 Å². The van der Waals surface area contributed by atoms with Crippen molar-refractivity contribution < 1.29 is 13.2 Å². The molecule has 2 aliphatic rings. The molecule has 0 atom stereocenters. The van der Waals surface area contributed by atoms with Gasteiger partial charge in [-0.15, -0.1) is 0 Å². The molecule has 0 saturated heterocycles. The van der Waals surface area contributed by atoms with Crippen LogP contribution in [0.1, 0.15) is 48.6 Å². The Balaban J connectivity index is 1.22. The molecule has 1 amide bonds. The molecule has 1 saturated carbocycles. The van der Waals surface area contributed by atoms with Gasteiger partial charge in [-0.1, -0.05) is 18.2 Å². The summed E-state index contributed by atoms with van der Waals surface area (Å²) in [6.45, 7) is 0. The van der Waals surface area contributed by atoms with Crippen LogP contribution in [0, 0.1) is 0 Å². The molecule has 0 unspecified atom stereocenters. The van der Waals surface area contributed by atoms with Crippen molar-refractivity contribution in [3.63, 3.8) is 0 Å². The van der Waals surface area contributed by atoms with Gasteiger partial charge in [0.05, 0.1) is 10.6 Å². The van der Waals surface area contributed by atoms with E-state index in [1.165, 1.54) is 5.56 Å². The molecule has 8 heteroatoms. The molecule has 0 spiro atoms. The molecule has 0 aliphatic heterocycles. The third-order valence-corrected chi connectivity index (χ3v) is 7.61. The summed E-state index contributed by atoms with van der Waals surface area (Å²) < 4.78 is 25.4. The lowest BCUT2D eigenvalue weighted by Crippen LogP contribution is -2.17. The van der Waals surface area contributed by atoms with Crippen molar-refractivity contribution in [3.05, 3.63) is 59.4 Å². The summed E-state index contributed by atoms with van der Waals surface area (Å²) in [6.07, 6.45) is 5.17. The highest BCUT2D eigenvalue weighted by atomic mass is 32.2. The van der Waals surface area contributed by atoms with Gasteiger partial charge < -0.3 is 5.32 Å². The van der Waals surface area contributed by atoms with Crippen LogP contribution in [0.15, 0.2) is 47.4 Å². The van der Waals surface area contributed by atoms with Crippen LogP contribution >= 0.6 is 0 Å². The van der Waals surface area contributed by atoms with E-state index in [1.54, 1.807) is 24.3 Å². The van der Waals surface area contributed by atoms with Crippen molar-refractivity contribution in [1.82, 2.24) is 15.2 Å². The number of aryl methyl sites for hydroxylation is 2. The molecule has 1 fully saturated rings. The quantitative estimate of drug-likeness (QED) is 0.588. The first-order valence-electron chi connectivity index (χ1n) is 10.6. The monoisotopic (exact) mass is 436 g/mol. The van der Waals surface area contributed by atoms with Crippen molar-refractivity contribution in [2.45, 2.75) is 49.3 Å². The van der Waals surface area contributed by atoms with Gasteiger partial charge in [-0.3, -0.25) is 9.89 Å². The molecule has 0 bridgehead atoms. The first kappa shape index (κ1) is 19.9. The van der Waals surface area contributed by atoms with Gasteiger partial charge in [0.2, 0.25) is 5.91 Å².